The lowest BCUT2D eigenvalue weighted by atomic mass is 10.0. The molecule has 4 heteroatoms. The van der Waals surface area contributed by atoms with Gasteiger partial charge in [-0.3, -0.25) is 4.98 Å². The van der Waals surface area contributed by atoms with Gasteiger partial charge in [0, 0.05) is 54.5 Å². The van der Waals surface area contributed by atoms with E-state index in [-0.39, 0.29) is 0 Å². The Balaban J connectivity index is 1.76. The molecule has 24 heavy (non-hydrogen) atoms. The van der Waals surface area contributed by atoms with E-state index in [0.29, 0.717) is 6.04 Å². The minimum Gasteiger partial charge on any atom is -0.497 e. The van der Waals surface area contributed by atoms with Crippen molar-refractivity contribution in [3.8, 4) is 5.75 Å². The van der Waals surface area contributed by atoms with Crippen molar-refractivity contribution in [1.82, 2.24) is 14.9 Å². The van der Waals surface area contributed by atoms with Crippen LogP contribution in [0.2, 0.25) is 0 Å². The number of nitrogens with zero attached hydrogens (tertiary/aromatic N) is 2. The molecule has 4 rings (SSSR count). The number of aryl methyl sites for hydroxylation is 2. The molecule has 4 nitrogen and oxygen atoms in total. The molecule has 1 aliphatic rings. The zero-order valence-corrected chi connectivity index (χ0v) is 14.2. The maximum Gasteiger partial charge on any atom is 0.119 e. The number of pyridine rings is 1. The monoisotopic (exact) mass is 321 g/mol. The molecule has 3 heterocycles. The van der Waals surface area contributed by atoms with Crippen LogP contribution in [0, 0.1) is 0 Å². The predicted octanol–water partition coefficient (Wildman–Crippen LogP) is 3.32. The molecule has 2 aromatic heterocycles. The molecule has 0 fully saturated rings. The Hall–Kier alpha value is -2.33. The molecular weight excluding hydrogens is 298 g/mol. The quantitative estimate of drug-likeness (QED) is 0.801. The maximum absolute atomic E-state index is 5.44. The van der Waals surface area contributed by atoms with E-state index in [1.165, 1.54) is 27.7 Å². The lowest BCUT2D eigenvalue weighted by Gasteiger charge is -2.23. The van der Waals surface area contributed by atoms with Crippen molar-refractivity contribution in [3.05, 3.63) is 59.5 Å². The van der Waals surface area contributed by atoms with E-state index in [2.05, 4.69) is 52.1 Å². The van der Waals surface area contributed by atoms with E-state index in [1.807, 2.05) is 12.4 Å². The highest BCUT2D eigenvalue weighted by atomic mass is 16.5. The van der Waals surface area contributed by atoms with Crippen LogP contribution in [0.4, 0.5) is 0 Å². The fourth-order valence-electron chi connectivity index (χ4n) is 3.70. The topological polar surface area (TPSA) is 39.1 Å². The van der Waals surface area contributed by atoms with Gasteiger partial charge >= 0.3 is 0 Å². The molecule has 124 valence electrons. The minimum atomic E-state index is 0.517. The zero-order valence-electron chi connectivity index (χ0n) is 14.2. The van der Waals surface area contributed by atoms with E-state index in [0.717, 1.165) is 31.7 Å². The second-order valence-electron chi connectivity index (χ2n) is 6.55. The lowest BCUT2D eigenvalue weighted by Crippen LogP contribution is -2.33. The summed E-state index contributed by atoms with van der Waals surface area (Å²) in [5.74, 6) is 0.926. The van der Waals surface area contributed by atoms with Crippen LogP contribution in [0.5, 0.6) is 5.75 Å². The molecule has 1 atom stereocenters. The second-order valence-corrected chi connectivity index (χ2v) is 6.55. The van der Waals surface area contributed by atoms with E-state index >= 15 is 0 Å². The smallest absolute Gasteiger partial charge is 0.119 e. The lowest BCUT2D eigenvalue weighted by molar-refractivity contribution is 0.415. The first-order chi connectivity index (χ1) is 11.8. The van der Waals surface area contributed by atoms with Gasteiger partial charge in [0.2, 0.25) is 0 Å². The third-order valence-corrected chi connectivity index (χ3v) is 4.99. The Kier molecular flexibility index (Phi) is 3.98. The molecule has 1 aliphatic heterocycles. The first-order valence-corrected chi connectivity index (χ1v) is 8.56. The molecule has 0 amide bonds. The molecular formula is C20H23N3O. The molecule has 1 unspecified atom stereocenters. The van der Waals surface area contributed by atoms with Gasteiger partial charge in [-0.25, -0.2) is 0 Å². The maximum atomic E-state index is 5.44. The van der Waals surface area contributed by atoms with Gasteiger partial charge in [-0.05, 0) is 54.8 Å². The molecule has 0 bridgehead atoms. The van der Waals surface area contributed by atoms with Crippen LogP contribution in [0.1, 0.15) is 23.7 Å². The summed E-state index contributed by atoms with van der Waals surface area (Å²) in [7, 11) is 1.73. The SMILES string of the molecule is COc1ccc2c(c1)c1c(n2CCc2ccncc2)CC(C)NC1. The average molecular weight is 321 g/mol. The summed E-state index contributed by atoms with van der Waals surface area (Å²) in [4.78, 5) is 4.11. The summed E-state index contributed by atoms with van der Waals surface area (Å²) in [5, 5.41) is 4.91. The Bertz CT molecular complexity index is 854. The van der Waals surface area contributed by atoms with Crippen LogP contribution >= 0.6 is 0 Å². The van der Waals surface area contributed by atoms with Crippen LogP contribution in [-0.4, -0.2) is 22.7 Å². The van der Waals surface area contributed by atoms with Crippen molar-refractivity contribution in [2.75, 3.05) is 7.11 Å². The fourth-order valence-corrected chi connectivity index (χ4v) is 3.70. The third kappa shape index (κ3) is 2.67. The number of methoxy groups -OCH3 is 1. The standard InChI is InChI=1S/C20H23N3O/c1-14-11-20-18(13-22-14)17-12-16(24-2)3-4-19(17)23(20)10-7-15-5-8-21-9-6-15/h3-6,8-9,12,14,22H,7,10-11,13H2,1-2H3. The summed E-state index contributed by atoms with van der Waals surface area (Å²) in [6, 6.07) is 11.2. The molecule has 0 radical (unpaired) electrons. The minimum absolute atomic E-state index is 0.517. The number of nitrogens with one attached hydrogen (secondary N) is 1. The van der Waals surface area contributed by atoms with Crippen LogP contribution < -0.4 is 10.1 Å². The fraction of sp³-hybridized carbons (Fsp3) is 0.350. The average Bonchev–Trinajstić information content (AvgIpc) is 2.92. The summed E-state index contributed by atoms with van der Waals surface area (Å²) in [5.41, 5.74) is 5.54. The van der Waals surface area contributed by atoms with Crippen molar-refractivity contribution in [2.24, 2.45) is 0 Å². The van der Waals surface area contributed by atoms with Gasteiger partial charge in [0.15, 0.2) is 0 Å². The summed E-state index contributed by atoms with van der Waals surface area (Å²) in [6.45, 7) is 4.19. The molecule has 0 saturated carbocycles. The number of aromatic nitrogens is 2. The Morgan fingerprint density at radius 1 is 1.25 bits per heavy atom. The molecule has 3 aromatic rings. The second kappa shape index (κ2) is 6.29. The van der Waals surface area contributed by atoms with E-state index in [4.69, 9.17) is 4.74 Å². The zero-order chi connectivity index (χ0) is 16.5. The van der Waals surface area contributed by atoms with Gasteiger partial charge < -0.3 is 14.6 Å². The number of hydrogen-bond donors (Lipinski definition) is 1. The number of benzene rings is 1. The summed E-state index contributed by atoms with van der Waals surface area (Å²) >= 11 is 0. The third-order valence-electron chi connectivity index (χ3n) is 4.99. The van der Waals surface area contributed by atoms with Gasteiger partial charge in [-0.15, -0.1) is 0 Å². The number of ether oxygens (including phenoxy) is 1. The molecule has 1 N–H and O–H groups in total. The molecule has 1 aromatic carbocycles. The van der Waals surface area contributed by atoms with Crippen molar-refractivity contribution in [1.29, 1.82) is 0 Å². The molecule has 0 saturated heterocycles. The highest BCUT2D eigenvalue weighted by molar-refractivity contribution is 5.87. The number of fused-ring (bicyclic) bond motifs is 3. The van der Waals surface area contributed by atoms with Gasteiger partial charge in [0.25, 0.3) is 0 Å². The van der Waals surface area contributed by atoms with Crippen molar-refractivity contribution in [2.45, 2.75) is 38.9 Å². The largest absolute Gasteiger partial charge is 0.497 e. The summed E-state index contributed by atoms with van der Waals surface area (Å²) in [6.07, 6.45) is 5.83. The van der Waals surface area contributed by atoms with Gasteiger partial charge in [-0.2, -0.15) is 0 Å². The van der Waals surface area contributed by atoms with Crippen molar-refractivity contribution >= 4 is 10.9 Å². The number of hydrogen-bond acceptors (Lipinski definition) is 3. The van der Waals surface area contributed by atoms with Crippen LogP contribution in [0.3, 0.4) is 0 Å². The first-order valence-electron chi connectivity index (χ1n) is 8.56. The van der Waals surface area contributed by atoms with E-state index in [1.54, 1.807) is 7.11 Å². The number of rotatable bonds is 4. The first kappa shape index (κ1) is 15.2. The Morgan fingerprint density at radius 2 is 2.08 bits per heavy atom. The van der Waals surface area contributed by atoms with Crippen LogP contribution in [-0.2, 0) is 25.9 Å². The normalized spacial score (nSPS) is 17.0. The van der Waals surface area contributed by atoms with E-state index < -0.39 is 0 Å². The highest BCUT2D eigenvalue weighted by Crippen LogP contribution is 2.32. The highest BCUT2D eigenvalue weighted by Gasteiger charge is 2.23. The van der Waals surface area contributed by atoms with Crippen molar-refractivity contribution < 1.29 is 4.74 Å². The van der Waals surface area contributed by atoms with Gasteiger partial charge in [0.1, 0.15) is 5.75 Å². The Labute approximate surface area is 142 Å². The molecule has 0 spiro atoms. The summed E-state index contributed by atoms with van der Waals surface area (Å²) < 4.78 is 7.94. The van der Waals surface area contributed by atoms with Gasteiger partial charge in [0.05, 0.1) is 7.11 Å². The van der Waals surface area contributed by atoms with Crippen molar-refractivity contribution in [3.63, 3.8) is 0 Å². The van der Waals surface area contributed by atoms with E-state index in [9.17, 15) is 0 Å². The van der Waals surface area contributed by atoms with Crippen LogP contribution in [0.15, 0.2) is 42.7 Å². The molecule has 0 aliphatic carbocycles. The van der Waals surface area contributed by atoms with Gasteiger partial charge in [-0.1, -0.05) is 0 Å². The van der Waals surface area contributed by atoms with Crippen LogP contribution in [0.25, 0.3) is 10.9 Å². The predicted molar refractivity (Wildman–Crippen MR) is 96.4 cm³/mol. The Morgan fingerprint density at radius 3 is 2.88 bits per heavy atom.